The molecule has 112 valence electrons. The number of rotatable bonds is 8. The Morgan fingerprint density at radius 1 is 1.40 bits per heavy atom. The lowest BCUT2D eigenvalue weighted by Crippen LogP contribution is -2.27. The van der Waals surface area contributed by atoms with Crippen molar-refractivity contribution in [2.24, 2.45) is 5.73 Å². The standard InChI is InChI=1S/C15H24ClN3S/c1-11(2)19(3)10-5-4-9-18-13-8-6-7-12(16)14(13)15(17)20/h6-8,11,18H,4-5,9-10H2,1-3H3,(H2,17,20). The Morgan fingerprint density at radius 3 is 2.70 bits per heavy atom. The average molecular weight is 314 g/mol. The van der Waals surface area contributed by atoms with Crippen LogP contribution >= 0.6 is 23.8 Å². The summed E-state index contributed by atoms with van der Waals surface area (Å²) in [6.07, 6.45) is 2.25. The summed E-state index contributed by atoms with van der Waals surface area (Å²) in [6.45, 7) is 6.41. The van der Waals surface area contributed by atoms with Crippen molar-refractivity contribution in [1.82, 2.24) is 4.90 Å². The summed E-state index contributed by atoms with van der Waals surface area (Å²) >= 11 is 11.2. The van der Waals surface area contributed by atoms with Crippen molar-refractivity contribution >= 4 is 34.5 Å². The van der Waals surface area contributed by atoms with Crippen LogP contribution in [0.2, 0.25) is 5.02 Å². The second kappa shape index (κ2) is 8.45. The number of unbranched alkanes of at least 4 members (excludes halogenated alkanes) is 1. The van der Waals surface area contributed by atoms with Gasteiger partial charge in [-0.05, 0) is 52.4 Å². The fourth-order valence-electron chi connectivity index (χ4n) is 1.89. The number of nitrogens with zero attached hydrogens (tertiary/aromatic N) is 1. The van der Waals surface area contributed by atoms with Gasteiger partial charge in [-0.3, -0.25) is 0 Å². The number of hydrogen-bond acceptors (Lipinski definition) is 3. The van der Waals surface area contributed by atoms with Crippen molar-refractivity contribution in [2.45, 2.75) is 32.7 Å². The first-order valence-electron chi connectivity index (χ1n) is 6.96. The first kappa shape index (κ1) is 17.2. The Bertz CT molecular complexity index is 449. The van der Waals surface area contributed by atoms with Gasteiger partial charge in [-0.2, -0.15) is 0 Å². The zero-order valence-electron chi connectivity index (χ0n) is 12.4. The van der Waals surface area contributed by atoms with Gasteiger partial charge in [0.1, 0.15) is 4.99 Å². The third-order valence-corrected chi connectivity index (χ3v) is 3.91. The zero-order valence-corrected chi connectivity index (χ0v) is 14.0. The number of nitrogens with one attached hydrogen (secondary N) is 1. The minimum Gasteiger partial charge on any atom is -0.389 e. The molecule has 0 fully saturated rings. The summed E-state index contributed by atoms with van der Waals surface area (Å²) in [5, 5.41) is 3.97. The second-order valence-corrected chi connectivity index (χ2v) is 6.08. The van der Waals surface area contributed by atoms with Crippen molar-refractivity contribution in [1.29, 1.82) is 0 Å². The largest absolute Gasteiger partial charge is 0.389 e. The van der Waals surface area contributed by atoms with Gasteiger partial charge in [-0.25, -0.2) is 0 Å². The highest BCUT2D eigenvalue weighted by molar-refractivity contribution is 7.80. The molecule has 0 atom stereocenters. The first-order valence-corrected chi connectivity index (χ1v) is 7.74. The highest BCUT2D eigenvalue weighted by Gasteiger charge is 2.09. The van der Waals surface area contributed by atoms with E-state index in [2.05, 4.69) is 31.1 Å². The smallest absolute Gasteiger partial charge is 0.107 e. The molecule has 0 aliphatic rings. The van der Waals surface area contributed by atoms with Crippen LogP contribution in [-0.2, 0) is 0 Å². The van der Waals surface area contributed by atoms with Gasteiger partial charge in [0, 0.05) is 18.3 Å². The van der Waals surface area contributed by atoms with Gasteiger partial charge < -0.3 is 16.0 Å². The Morgan fingerprint density at radius 2 is 2.10 bits per heavy atom. The monoisotopic (exact) mass is 313 g/mol. The molecule has 0 unspecified atom stereocenters. The lowest BCUT2D eigenvalue weighted by molar-refractivity contribution is 0.269. The molecule has 0 aliphatic heterocycles. The lowest BCUT2D eigenvalue weighted by atomic mass is 10.1. The minimum atomic E-state index is 0.331. The lowest BCUT2D eigenvalue weighted by Gasteiger charge is -2.20. The fourth-order valence-corrected chi connectivity index (χ4v) is 2.44. The molecule has 0 spiro atoms. The summed E-state index contributed by atoms with van der Waals surface area (Å²) in [4.78, 5) is 2.68. The third-order valence-electron chi connectivity index (χ3n) is 3.39. The molecule has 0 aliphatic carbocycles. The first-order chi connectivity index (χ1) is 9.43. The van der Waals surface area contributed by atoms with Crippen LogP contribution in [0.1, 0.15) is 32.3 Å². The molecule has 0 amide bonds. The van der Waals surface area contributed by atoms with Gasteiger partial charge in [0.15, 0.2) is 0 Å². The maximum Gasteiger partial charge on any atom is 0.107 e. The molecular weight excluding hydrogens is 290 g/mol. The minimum absolute atomic E-state index is 0.331. The Kier molecular flexibility index (Phi) is 7.27. The molecular formula is C15H24ClN3S. The molecule has 1 rings (SSSR count). The second-order valence-electron chi connectivity index (χ2n) is 5.23. The molecule has 3 N–H and O–H groups in total. The van der Waals surface area contributed by atoms with Gasteiger partial charge in [0.05, 0.1) is 10.6 Å². The number of hydrogen-bond donors (Lipinski definition) is 2. The van der Waals surface area contributed by atoms with Crippen molar-refractivity contribution in [3.8, 4) is 0 Å². The summed E-state index contributed by atoms with van der Waals surface area (Å²) in [7, 11) is 2.15. The number of nitrogens with two attached hydrogens (primary N) is 1. The number of anilines is 1. The topological polar surface area (TPSA) is 41.3 Å². The van der Waals surface area contributed by atoms with Crippen molar-refractivity contribution in [3.63, 3.8) is 0 Å². The fraction of sp³-hybridized carbons (Fsp3) is 0.533. The molecule has 20 heavy (non-hydrogen) atoms. The van der Waals surface area contributed by atoms with Crippen LogP contribution in [0.25, 0.3) is 0 Å². The Balaban J connectivity index is 2.43. The zero-order chi connectivity index (χ0) is 15.1. The molecule has 3 nitrogen and oxygen atoms in total. The summed E-state index contributed by atoms with van der Waals surface area (Å²) < 4.78 is 0. The van der Waals surface area contributed by atoms with E-state index in [0.717, 1.165) is 37.2 Å². The molecule has 1 aromatic carbocycles. The van der Waals surface area contributed by atoms with Crippen LogP contribution in [0.15, 0.2) is 18.2 Å². The molecule has 0 aromatic heterocycles. The Labute approximate surface area is 132 Å². The predicted molar refractivity (Wildman–Crippen MR) is 92.8 cm³/mol. The molecule has 0 radical (unpaired) electrons. The van der Waals surface area contributed by atoms with Crippen LogP contribution in [-0.4, -0.2) is 36.1 Å². The van der Waals surface area contributed by atoms with Crippen LogP contribution in [0.4, 0.5) is 5.69 Å². The Hall–Kier alpha value is -0.840. The normalized spacial score (nSPS) is 11.1. The molecule has 0 bridgehead atoms. The number of halogens is 1. The summed E-state index contributed by atoms with van der Waals surface area (Å²) in [5.41, 5.74) is 7.38. The van der Waals surface area contributed by atoms with Crippen molar-refractivity contribution in [2.75, 3.05) is 25.5 Å². The maximum atomic E-state index is 6.13. The van der Waals surface area contributed by atoms with Crippen LogP contribution in [0.3, 0.4) is 0 Å². The van der Waals surface area contributed by atoms with E-state index in [4.69, 9.17) is 29.6 Å². The summed E-state index contributed by atoms with van der Waals surface area (Å²) in [6, 6.07) is 6.26. The van der Waals surface area contributed by atoms with Crippen molar-refractivity contribution in [3.05, 3.63) is 28.8 Å². The molecule has 0 heterocycles. The van der Waals surface area contributed by atoms with E-state index < -0.39 is 0 Å². The maximum absolute atomic E-state index is 6.13. The van der Waals surface area contributed by atoms with Gasteiger partial charge in [0.25, 0.3) is 0 Å². The molecule has 0 saturated heterocycles. The summed E-state index contributed by atoms with van der Waals surface area (Å²) in [5.74, 6) is 0. The van der Waals surface area contributed by atoms with E-state index in [0.29, 0.717) is 16.1 Å². The SMILES string of the molecule is CC(C)N(C)CCCCNc1cccc(Cl)c1C(N)=S. The van der Waals surface area contributed by atoms with E-state index in [1.165, 1.54) is 0 Å². The highest BCUT2D eigenvalue weighted by Crippen LogP contribution is 2.24. The van der Waals surface area contributed by atoms with Crippen LogP contribution in [0, 0.1) is 0 Å². The molecule has 1 aromatic rings. The number of thiocarbonyl (C=S) groups is 1. The van der Waals surface area contributed by atoms with Crippen LogP contribution in [0.5, 0.6) is 0 Å². The van der Waals surface area contributed by atoms with Gasteiger partial charge in [-0.15, -0.1) is 0 Å². The number of benzene rings is 1. The highest BCUT2D eigenvalue weighted by atomic mass is 35.5. The van der Waals surface area contributed by atoms with Gasteiger partial charge in [-0.1, -0.05) is 29.9 Å². The van der Waals surface area contributed by atoms with Gasteiger partial charge >= 0.3 is 0 Å². The average Bonchev–Trinajstić information content (AvgIpc) is 2.37. The van der Waals surface area contributed by atoms with Crippen LogP contribution < -0.4 is 11.1 Å². The van der Waals surface area contributed by atoms with Crippen molar-refractivity contribution < 1.29 is 0 Å². The van der Waals surface area contributed by atoms with E-state index >= 15 is 0 Å². The van der Waals surface area contributed by atoms with E-state index in [-0.39, 0.29) is 0 Å². The van der Waals surface area contributed by atoms with E-state index in [1.807, 2.05) is 12.1 Å². The predicted octanol–water partition coefficient (Wildman–Crippen LogP) is 3.51. The van der Waals surface area contributed by atoms with Gasteiger partial charge in [0.2, 0.25) is 0 Å². The van der Waals surface area contributed by atoms with E-state index in [9.17, 15) is 0 Å². The quantitative estimate of drug-likeness (QED) is 0.569. The molecule has 5 heteroatoms. The third kappa shape index (κ3) is 5.27. The van der Waals surface area contributed by atoms with E-state index in [1.54, 1.807) is 6.07 Å². The molecule has 0 saturated carbocycles.